The summed E-state index contributed by atoms with van der Waals surface area (Å²) in [6.45, 7) is 0. The van der Waals surface area contributed by atoms with Crippen molar-refractivity contribution in [3.05, 3.63) is 71.7 Å². The molecule has 0 spiro atoms. The third-order valence-corrected chi connectivity index (χ3v) is 4.26. The second kappa shape index (κ2) is 11.6. The van der Waals surface area contributed by atoms with E-state index in [0.717, 1.165) is 11.5 Å². The van der Waals surface area contributed by atoms with Gasteiger partial charge in [-0.3, -0.25) is 14.3 Å². The van der Waals surface area contributed by atoms with Gasteiger partial charge in [0.1, 0.15) is 11.7 Å². The smallest absolute Gasteiger partial charge is 0.495 e. The number of nitrogens with zero attached hydrogens (tertiary/aromatic N) is 4. The van der Waals surface area contributed by atoms with Crippen molar-refractivity contribution in [2.75, 3.05) is 12.4 Å². The van der Waals surface area contributed by atoms with Crippen LogP contribution in [0, 0.1) is 6.20 Å². The van der Waals surface area contributed by atoms with Crippen LogP contribution in [0.25, 0.3) is 5.69 Å². The molecule has 140 valence electrons. The summed E-state index contributed by atoms with van der Waals surface area (Å²) in [5, 5.41) is 3.44. The Morgan fingerprint density at radius 2 is 1.96 bits per heavy atom. The first kappa shape index (κ1) is 22.1. The summed E-state index contributed by atoms with van der Waals surface area (Å²) in [6.07, 6.45) is 14.0. The molecule has 1 fully saturated rings. The summed E-state index contributed by atoms with van der Waals surface area (Å²) in [6, 6.07) is 9.54. The molecule has 0 radical (unpaired) electrons. The summed E-state index contributed by atoms with van der Waals surface area (Å²) in [7, 11) is 1.55. The summed E-state index contributed by atoms with van der Waals surface area (Å²) in [5.41, 5.74) is 0.753. The van der Waals surface area contributed by atoms with E-state index in [1.54, 1.807) is 36.2 Å². The third kappa shape index (κ3) is 6.44. The molecule has 1 saturated carbocycles. The van der Waals surface area contributed by atoms with Crippen LogP contribution in [0.5, 0.6) is 5.88 Å². The molecule has 0 atom stereocenters. The molecule has 0 aliphatic heterocycles. The van der Waals surface area contributed by atoms with Crippen molar-refractivity contribution < 1.29 is 34.3 Å². The van der Waals surface area contributed by atoms with Crippen molar-refractivity contribution in [2.24, 2.45) is 0 Å². The molecule has 0 bridgehead atoms. The second-order valence-corrected chi connectivity index (χ2v) is 6.12. The standard InChI is InChI=1S/C15H17N3O.C5H5N2O.Na/c19-15-7-3-4-10-18(15)13-8-9-14(16-11-13)17-12-5-1-2-6-12;1-8-5-4-6-2-3-7-5;/h3-4,7-12H,1-2,5-6H2,(H,16,17);3-4H,1H3;/q;-1;+1. The second-order valence-electron chi connectivity index (χ2n) is 6.12. The zero-order valence-electron chi connectivity index (χ0n) is 16.2. The Kier molecular flexibility index (Phi) is 9.13. The minimum Gasteiger partial charge on any atom is -0.495 e. The van der Waals surface area contributed by atoms with Gasteiger partial charge in [-0.25, -0.2) is 4.98 Å². The first-order valence-electron chi connectivity index (χ1n) is 8.89. The average Bonchev–Trinajstić information content (AvgIpc) is 3.23. The van der Waals surface area contributed by atoms with Crippen LogP contribution in [0.2, 0.25) is 0 Å². The van der Waals surface area contributed by atoms with Crippen LogP contribution in [-0.2, 0) is 0 Å². The number of aromatic nitrogens is 4. The van der Waals surface area contributed by atoms with Gasteiger partial charge in [-0.05, 0) is 37.2 Å². The van der Waals surface area contributed by atoms with E-state index >= 15 is 0 Å². The van der Waals surface area contributed by atoms with Crippen molar-refractivity contribution >= 4 is 5.82 Å². The number of pyridine rings is 2. The number of hydrogen-bond acceptors (Lipinski definition) is 6. The molecule has 8 heteroatoms. The molecule has 3 aromatic rings. The summed E-state index contributed by atoms with van der Waals surface area (Å²) in [4.78, 5) is 23.5. The van der Waals surface area contributed by atoms with Crippen LogP contribution in [0.1, 0.15) is 25.7 Å². The van der Waals surface area contributed by atoms with Crippen molar-refractivity contribution in [2.45, 2.75) is 31.7 Å². The SMILES string of the molecule is COc1cn[c-]cn1.O=c1ccccn1-c1ccc(NC2CCCC2)nc1.[Na+]. The molecule has 0 saturated heterocycles. The topological polar surface area (TPSA) is 81.9 Å². The summed E-state index contributed by atoms with van der Waals surface area (Å²) >= 11 is 0. The van der Waals surface area contributed by atoms with E-state index in [0.29, 0.717) is 11.9 Å². The van der Waals surface area contributed by atoms with E-state index in [4.69, 9.17) is 4.74 Å². The molecule has 7 nitrogen and oxygen atoms in total. The van der Waals surface area contributed by atoms with E-state index < -0.39 is 0 Å². The van der Waals surface area contributed by atoms with Gasteiger partial charge < -0.3 is 15.0 Å². The van der Waals surface area contributed by atoms with Crippen LogP contribution in [-0.4, -0.2) is 32.7 Å². The summed E-state index contributed by atoms with van der Waals surface area (Å²) < 4.78 is 6.31. The number of ether oxygens (including phenoxy) is 1. The molecule has 4 rings (SSSR count). The van der Waals surface area contributed by atoms with Gasteiger partial charge in [-0.1, -0.05) is 25.1 Å². The first-order valence-corrected chi connectivity index (χ1v) is 8.89. The van der Waals surface area contributed by atoms with Crippen LogP contribution in [0.15, 0.2) is 59.9 Å². The number of hydrogen-bond donors (Lipinski definition) is 1. The minimum absolute atomic E-state index is 0. The molecule has 28 heavy (non-hydrogen) atoms. The molecule has 1 N–H and O–H groups in total. The van der Waals surface area contributed by atoms with Crippen molar-refractivity contribution in [1.29, 1.82) is 0 Å². The van der Waals surface area contributed by atoms with E-state index in [1.165, 1.54) is 38.1 Å². The maximum atomic E-state index is 11.7. The predicted octanol–water partition coefficient (Wildman–Crippen LogP) is -0.124. The number of rotatable bonds is 4. The monoisotopic (exact) mass is 387 g/mol. The molecule has 0 unspecified atom stereocenters. The quantitative estimate of drug-likeness (QED) is 0.496. The van der Waals surface area contributed by atoms with Crippen LogP contribution >= 0.6 is 0 Å². The van der Waals surface area contributed by atoms with Crippen LogP contribution < -0.4 is 45.2 Å². The fourth-order valence-corrected chi connectivity index (χ4v) is 2.89. The predicted molar refractivity (Wildman–Crippen MR) is 103 cm³/mol. The molecular weight excluding hydrogens is 365 g/mol. The Bertz CT molecular complexity index is 881. The molecule has 0 amide bonds. The van der Waals surface area contributed by atoms with Crippen LogP contribution in [0.4, 0.5) is 5.82 Å². The van der Waals surface area contributed by atoms with E-state index in [1.807, 2.05) is 18.2 Å². The van der Waals surface area contributed by atoms with E-state index in [9.17, 15) is 4.79 Å². The fourth-order valence-electron chi connectivity index (χ4n) is 2.89. The number of anilines is 1. The Morgan fingerprint density at radius 3 is 2.54 bits per heavy atom. The van der Waals surface area contributed by atoms with Gasteiger partial charge >= 0.3 is 29.6 Å². The van der Waals surface area contributed by atoms with Crippen LogP contribution in [0.3, 0.4) is 0 Å². The molecule has 3 aromatic heterocycles. The zero-order valence-corrected chi connectivity index (χ0v) is 18.2. The van der Waals surface area contributed by atoms with Gasteiger partial charge in [0.15, 0.2) is 0 Å². The van der Waals surface area contributed by atoms with Gasteiger partial charge in [0.05, 0.1) is 19.0 Å². The van der Waals surface area contributed by atoms with Gasteiger partial charge in [0.2, 0.25) is 0 Å². The molecule has 1 aliphatic carbocycles. The maximum absolute atomic E-state index is 11.7. The largest absolute Gasteiger partial charge is 1.00 e. The summed E-state index contributed by atoms with van der Waals surface area (Å²) in [5.74, 6) is 1.41. The van der Waals surface area contributed by atoms with Gasteiger partial charge in [-0.15, -0.1) is 6.20 Å². The Labute approximate surface area is 186 Å². The Hall–Kier alpha value is -2.22. The van der Waals surface area contributed by atoms with Crippen molar-refractivity contribution in [3.63, 3.8) is 0 Å². The third-order valence-electron chi connectivity index (χ3n) is 4.26. The van der Waals surface area contributed by atoms with E-state index in [-0.39, 0.29) is 35.1 Å². The average molecular weight is 387 g/mol. The van der Waals surface area contributed by atoms with Crippen molar-refractivity contribution in [3.8, 4) is 11.6 Å². The van der Waals surface area contributed by atoms with Gasteiger partial charge in [0.25, 0.3) is 5.56 Å². The molecular formula is C20H22N5NaO2. The normalized spacial score (nSPS) is 13.0. The maximum Gasteiger partial charge on any atom is 1.00 e. The number of methoxy groups -OCH3 is 1. The zero-order chi connectivity index (χ0) is 18.9. The van der Waals surface area contributed by atoms with Gasteiger partial charge in [-0.2, -0.15) is 0 Å². The van der Waals surface area contributed by atoms with Crippen molar-refractivity contribution in [1.82, 2.24) is 19.5 Å². The number of nitrogens with one attached hydrogen (secondary N) is 1. The van der Waals surface area contributed by atoms with E-state index in [2.05, 4.69) is 26.5 Å². The molecule has 0 aromatic carbocycles. The molecule has 3 heterocycles. The fraction of sp³-hybridized carbons (Fsp3) is 0.300. The minimum atomic E-state index is -0.0409. The first-order chi connectivity index (χ1) is 13.3. The Balaban J connectivity index is 0.000000264. The van der Waals surface area contributed by atoms with Gasteiger partial charge in [0, 0.05) is 18.3 Å². The Morgan fingerprint density at radius 1 is 1.14 bits per heavy atom. The molecule has 1 aliphatic rings.